The monoisotopic (exact) mass is 404 g/mol. The molecule has 27 heavy (non-hydrogen) atoms. The van der Waals surface area contributed by atoms with Crippen LogP contribution in [0.1, 0.15) is 46.5 Å². The van der Waals surface area contributed by atoms with E-state index in [4.69, 9.17) is 13.3 Å². The van der Waals surface area contributed by atoms with E-state index in [-0.39, 0.29) is 0 Å². The predicted molar refractivity (Wildman–Crippen MR) is 115 cm³/mol. The molecule has 4 unspecified atom stereocenters. The summed E-state index contributed by atoms with van der Waals surface area (Å²) in [5.74, 6) is 2.67. The molecule has 4 rings (SSSR count). The first-order chi connectivity index (χ1) is 13.0. The normalized spacial score (nSPS) is 32.1. The molecule has 0 radical (unpaired) electrons. The van der Waals surface area contributed by atoms with E-state index in [9.17, 15) is 0 Å². The smallest absolute Gasteiger partial charge is 0.370 e. The second-order valence-corrected chi connectivity index (χ2v) is 14.3. The van der Waals surface area contributed by atoms with E-state index in [1.54, 1.807) is 16.3 Å². The van der Waals surface area contributed by atoms with Gasteiger partial charge in [0.15, 0.2) is 0 Å². The third-order valence-corrected chi connectivity index (χ3v) is 12.3. The van der Waals surface area contributed by atoms with Gasteiger partial charge in [-0.2, -0.15) is 0 Å². The highest BCUT2D eigenvalue weighted by atomic mass is 28.4. The van der Waals surface area contributed by atoms with Crippen LogP contribution in [0.25, 0.3) is 0 Å². The number of hydrogen-bond acceptors (Lipinski definition) is 3. The zero-order valence-corrected chi connectivity index (χ0v) is 19.9. The van der Waals surface area contributed by atoms with Gasteiger partial charge in [-0.25, -0.2) is 0 Å². The molecule has 4 atom stereocenters. The van der Waals surface area contributed by atoms with E-state index in [0.717, 1.165) is 0 Å². The molecule has 1 fully saturated rings. The van der Waals surface area contributed by atoms with Gasteiger partial charge in [0, 0.05) is 30.9 Å². The van der Waals surface area contributed by atoms with Gasteiger partial charge in [0.1, 0.15) is 0 Å². The van der Waals surface area contributed by atoms with Crippen LogP contribution in [0.3, 0.4) is 0 Å². The third kappa shape index (κ3) is 3.19. The quantitative estimate of drug-likeness (QED) is 0.515. The average Bonchev–Trinajstić information content (AvgIpc) is 3.40. The van der Waals surface area contributed by atoms with Crippen LogP contribution in [0.5, 0.6) is 0 Å². The Morgan fingerprint density at radius 1 is 0.889 bits per heavy atom. The third-order valence-electron chi connectivity index (χ3n) is 6.96. The first-order valence-corrected chi connectivity index (χ1v) is 15.8. The van der Waals surface area contributed by atoms with Crippen molar-refractivity contribution in [3.8, 4) is 0 Å². The van der Waals surface area contributed by atoms with E-state index in [1.807, 2.05) is 0 Å². The molecule has 3 nitrogen and oxygen atoms in total. The number of hydrogen-bond donors (Lipinski definition) is 0. The molecule has 150 valence electrons. The molecular formula is C22H36O3Si2. The van der Waals surface area contributed by atoms with E-state index >= 15 is 0 Å². The first-order valence-electron chi connectivity index (χ1n) is 11.1. The van der Waals surface area contributed by atoms with Crippen LogP contribution in [-0.4, -0.2) is 37.4 Å². The summed E-state index contributed by atoms with van der Waals surface area (Å²) in [7, 11) is -3.48. The van der Waals surface area contributed by atoms with Gasteiger partial charge in [-0.15, -0.1) is 0 Å². The van der Waals surface area contributed by atoms with Crippen LogP contribution >= 0.6 is 0 Å². The molecule has 0 aromatic rings. The summed E-state index contributed by atoms with van der Waals surface area (Å²) in [6.07, 6.45) is 10.5. The van der Waals surface area contributed by atoms with Crippen LogP contribution in [0.2, 0.25) is 13.1 Å². The minimum absolute atomic E-state index is 0.615. The van der Waals surface area contributed by atoms with Crippen molar-refractivity contribution in [2.24, 2.45) is 23.7 Å². The van der Waals surface area contributed by atoms with Crippen LogP contribution in [0.15, 0.2) is 33.7 Å². The minimum atomic E-state index is -2.79. The molecule has 0 amide bonds. The topological polar surface area (TPSA) is 27.7 Å². The maximum atomic E-state index is 6.38. The van der Waals surface area contributed by atoms with E-state index in [2.05, 4.69) is 46.0 Å². The van der Waals surface area contributed by atoms with Crippen LogP contribution in [0.4, 0.5) is 0 Å². The summed E-state index contributed by atoms with van der Waals surface area (Å²) in [6.45, 7) is 13.2. The Kier molecular flexibility index (Phi) is 5.69. The van der Waals surface area contributed by atoms with Gasteiger partial charge in [0.25, 0.3) is 0 Å². The van der Waals surface area contributed by atoms with Gasteiger partial charge in [-0.05, 0) is 75.4 Å². The standard InChI is InChI=1S/C22H36O3Si2/c1-6-23-27(24-7-2,25-8-3)22-16-10-9-15(11-16)21(22)19-13-18-12-17(19)14-20(18)26(4)5/h13-18,26H,6-12H2,1-5H3. The molecule has 0 heterocycles. The highest BCUT2D eigenvalue weighted by molar-refractivity contribution is 6.69. The Bertz CT molecular complexity index is 662. The summed E-state index contributed by atoms with van der Waals surface area (Å²) in [4.78, 5) is 0. The van der Waals surface area contributed by atoms with Crippen molar-refractivity contribution < 1.29 is 13.3 Å². The van der Waals surface area contributed by atoms with Gasteiger partial charge >= 0.3 is 8.80 Å². The number of allylic oxidation sites excluding steroid dienone is 6. The number of fused-ring (bicyclic) bond motifs is 4. The lowest BCUT2D eigenvalue weighted by Crippen LogP contribution is -2.50. The van der Waals surface area contributed by atoms with Gasteiger partial charge in [-0.1, -0.05) is 30.4 Å². The summed E-state index contributed by atoms with van der Waals surface area (Å²) in [5, 5.41) is 3.26. The van der Waals surface area contributed by atoms with Gasteiger partial charge in [0.2, 0.25) is 0 Å². The summed E-state index contributed by atoms with van der Waals surface area (Å²) in [6, 6.07) is 0. The predicted octanol–water partition coefficient (Wildman–Crippen LogP) is 4.83. The Morgan fingerprint density at radius 3 is 2.04 bits per heavy atom. The van der Waals surface area contributed by atoms with Gasteiger partial charge < -0.3 is 13.3 Å². The maximum Gasteiger partial charge on any atom is 0.533 e. The number of rotatable bonds is 9. The lowest BCUT2D eigenvalue weighted by atomic mass is 9.86. The zero-order valence-electron chi connectivity index (χ0n) is 17.7. The first kappa shape index (κ1) is 19.8. The van der Waals surface area contributed by atoms with E-state index in [1.165, 1.54) is 30.9 Å². The highest BCUT2D eigenvalue weighted by Crippen LogP contribution is 2.58. The zero-order chi connectivity index (χ0) is 19.2. The maximum absolute atomic E-state index is 6.38. The van der Waals surface area contributed by atoms with Crippen molar-refractivity contribution >= 4 is 17.6 Å². The molecule has 1 saturated carbocycles. The van der Waals surface area contributed by atoms with Gasteiger partial charge in [0.05, 0.1) is 8.80 Å². The molecule has 0 spiro atoms. The molecule has 0 aliphatic heterocycles. The van der Waals surface area contributed by atoms with Crippen molar-refractivity contribution in [1.82, 2.24) is 0 Å². The molecule has 0 saturated heterocycles. The second kappa shape index (κ2) is 7.75. The average molecular weight is 405 g/mol. The Morgan fingerprint density at radius 2 is 1.52 bits per heavy atom. The molecule has 0 N–H and O–H groups in total. The molecule has 0 aromatic carbocycles. The van der Waals surface area contributed by atoms with Crippen LogP contribution in [-0.2, 0) is 13.3 Å². The Hall–Kier alpha value is -0.466. The van der Waals surface area contributed by atoms with Crippen molar-refractivity contribution in [3.63, 3.8) is 0 Å². The summed E-state index contributed by atoms with van der Waals surface area (Å²) < 4.78 is 19.1. The SMILES string of the molecule is CCO[Si](OCC)(OCC)C1=C(C2=CC3CC2C=C3[SiH](C)C)C2CCC1C2. The molecule has 5 heteroatoms. The molecule has 4 bridgehead atoms. The fourth-order valence-electron chi connectivity index (χ4n) is 6.15. The highest BCUT2D eigenvalue weighted by Gasteiger charge is 2.57. The van der Waals surface area contributed by atoms with E-state index in [0.29, 0.717) is 43.5 Å². The summed E-state index contributed by atoms with van der Waals surface area (Å²) >= 11 is 0. The Balaban J connectivity index is 1.76. The largest absolute Gasteiger partial charge is 0.533 e. The minimum Gasteiger partial charge on any atom is -0.370 e. The molecular weight excluding hydrogens is 368 g/mol. The van der Waals surface area contributed by atoms with Crippen LogP contribution in [0, 0.1) is 23.7 Å². The second-order valence-electron chi connectivity index (χ2n) is 8.78. The molecule has 4 aliphatic rings. The van der Waals surface area contributed by atoms with Crippen molar-refractivity contribution in [2.75, 3.05) is 19.8 Å². The van der Waals surface area contributed by atoms with Crippen molar-refractivity contribution in [1.29, 1.82) is 0 Å². The molecule has 4 aliphatic carbocycles. The summed E-state index contributed by atoms with van der Waals surface area (Å²) in [5.41, 5.74) is 3.23. The van der Waals surface area contributed by atoms with Crippen molar-refractivity contribution in [3.05, 3.63) is 33.7 Å². The lowest BCUT2D eigenvalue weighted by molar-refractivity contribution is 0.0777. The van der Waals surface area contributed by atoms with E-state index < -0.39 is 17.6 Å². The molecule has 0 aromatic heterocycles. The van der Waals surface area contributed by atoms with Gasteiger partial charge in [-0.3, -0.25) is 0 Å². The lowest BCUT2D eigenvalue weighted by Gasteiger charge is -2.35. The van der Waals surface area contributed by atoms with Crippen molar-refractivity contribution in [2.45, 2.75) is 59.5 Å². The fourth-order valence-corrected chi connectivity index (χ4v) is 11.1. The fraction of sp³-hybridized carbons (Fsp3) is 0.727. The Labute approximate surface area is 167 Å². The van der Waals surface area contributed by atoms with Crippen LogP contribution < -0.4 is 0 Å².